The standard InChI is InChI=1S/HO3P.H2O.W/c1-4(2)3;;/h(H-,1,2,3);1H2;/p+1. The van der Waals surface area contributed by atoms with E-state index < -0.39 is 8.25 Å². The summed E-state index contributed by atoms with van der Waals surface area (Å²) < 4.78 is 8.70. The summed E-state index contributed by atoms with van der Waals surface area (Å²) in [5, 5.41) is 0. The molecule has 0 amide bonds. The van der Waals surface area contributed by atoms with Crippen molar-refractivity contribution in [2.45, 2.75) is 0 Å². The Labute approximate surface area is 49.7 Å². The van der Waals surface area contributed by atoms with Crippen LogP contribution in [0.2, 0.25) is 0 Å². The van der Waals surface area contributed by atoms with Gasteiger partial charge in [0.05, 0.1) is 0 Å². The average molecular weight is 283 g/mol. The molecule has 38 valence electrons. The molecule has 6 heteroatoms. The van der Waals surface area contributed by atoms with Crippen molar-refractivity contribution in [3.05, 3.63) is 0 Å². The van der Waals surface area contributed by atoms with E-state index in [1.54, 1.807) is 0 Å². The Hall–Kier alpha value is 0.668. The number of rotatable bonds is 0. The molecule has 0 aromatic heterocycles. The largest absolute Gasteiger partial charge is 0.692 e. The molecular weight excluding hydrogens is 279 g/mol. The summed E-state index contributed by atoms with van der Waals surface area (Å²) >= 11 is 0. The molecule has 6 heavy (non-hydrogen) atoms. The van der Waals surface area contributed by atoms with Gasteiger partial charge in [-0.25, -0.2) is 0 Å². The molecule has 0 atom stereocenters. The maximum Gasteiger partial charge on any atom is 0.692 e. The van der Waals surface area contributed by atoms with Crippen LogP contribution in [0.3, 0.4) is 0 Å². The normalized spacial score (nSPS) is 4.33. The molecule has 0 aliphatic heterocycles. The monoisotopic (exact) mass is 283 g/mol. The number of hydrogen-bond acceptors (Lipinski definition) is 1. The maximum atomic E-state index is 8.70. The Kier molecular flexibility index (Phi) is 24.4. The maximum absolute atomic E-state index is 8.70. The summed E-state index contributed by atoms with van der Waals surface area (Å²) in [4.78, 5) is 14.2. The Morgan fingerprint density at radius 1 is 1.33 bits per heavy atom. The molecule has 4 N–H and O–H groups in total. The van der Waals surface area contributed by atoms with Gasteiger partial charge in [0.25, 0.3) is 0 Å². The van der Waals surface area contributed by atoms with Gasteiger partial charge >= 0.3 is 8.25 Å². The average Bonchev–Trinajstić information content (AvgIpc) is 0.811. The van der Waals surface area contributed by atoms with Crippen LogP contribution in [0, 0.1) is 0 Å². The zero-order valence-corrected chi connectivity index (χ0v) is 6.49. The second-order valence-corrected chi connectivity index (χ2v) is 0.758. The van der Waals surface area contributed by atoms with Gasteiger partial charge in [-0.15, -0.1) is 9.79 Å². The molecule has 0 heterocycles. The molecule has 0 aliphatic carbocycles. The van der Waals surface area contributed by atoms with E-state index in [-0.39, 0.29) is 26.5 Å². The topological polar surface area (TPSA) is 89.0 Å². The minimum Gasteiger partial charge on any atom is -0.412 e. The summed E-state index contributed by atoms with van der Waals surface area (Å²) in [6, 6.07) is 0. The first kappa shape index (κ1) is 15.9. The van der Waals surface area contributed by atoms with Crippen molar-refractivity contribution in [2.24, 2.45) is 0 Å². The molecule has 0 saturated carbocycles. The Morgan fingerprint density at radius 3 is 1.33 bits per heavy atom. The fraction of sp³-hybridized carbons (Fsp3) is 0. The molecule has 0 bridgehead atoms. The molecule has 0 radical (unpaired) electrons. The Bertz CT molecular complexity index is 30.5. The van der Waals surface area contributed by atoms with Crippen LogP contribution in [0.15, 0.2) is 0 Å². The van der Waals surface area contributed by atoms with E-state index in [1.807, 2.05) is 0 Å². The van der Waals surface area contributed by atoms with Gasteiger partial charge in [0.15, 0.2) is 0 Å². The van der Waals surface area contributed by atoms with E-state index in [2.05, 4.69) is 0 Å². The number of hydrogen-bond donors (Lipinski definition) is 2. The summed E-state index contributed by atoms with van der Waals surface area (Å²) in [5.41, 5.74) is 0. The second-order valence-electron chi connectivity index (χ2n) is 0.253. The van der Waals surface area contributed by atoms with Crippen LogP contribution in [0.5, 0.6) is 0 Å². The predicted octanol–water partition coefficient (Wildman–Crippen LogP) is -1.20. The molecule has 0 spiro atoms. The second kappa shape index (κ2) is 9.18. The van der Waals surface area contributed by atoms with E-state index in [1.165, 1.54) is 0 Å². The van der Waals surface area contributed by atoms with E-state index in [0.717, 1.165) is 0 Å². The molecule has 0 aromatic carbocycles. The third kappa shape index (κ3) is 141. The van der Waals surface area contributed by atoms with Crippen LogP contribution in [0.25, 0.3) is 0 Å². The van der Waals surface area contributed by atoms with Gasteiger partial charge in [0.2, 0.25) is 0 Å². The van der Waals surface area contributed by atoms with Crippen LogP contribution in [-0.4, -0.2) is 15.3 Å². The first-order chi connectivity index (χ1) is 1.73. The van der Waals surface area contributed by atoms with Gasteiger partial charge in [0, 0.05) is 25.6 Å². The molecule has 0 rings (SSSR count). The van der Waals surface area contributed by atoms with E-state index in [4.69, 9.17) is 14.4 Å². The van der Waals surface area contributed by atoms with Gasteiger partial charge in [0.1, 0.15) is 0 Å². The van der Waals surface area contributed by atoms with Crippen LogP contribution < -0.4 is 0 Å². The summed E-state index contributed by atoms with van der Waals surface area (Å²) in [7, 11) is -2.87. The third-order valence-corrected chi connectivity index (χ3v) is 0. The van der Waals surface area contributed by atoms with Crippen LogP contribution >= 0.6 is 8.25 Å². The van der Waals surface area contributed by atoms with Crippen molar-refractivity contribution in [1.82, 2.24) is 0 Å². The van der Waals surface area contributed by atoms with Gasteiger partial charge in [-0.05, 0) is 0 Å². The predicted molar refractivity (Wildman–Crippen MR) is 15.7 cm³/mol. The van der Waals surface area contributed by atoms with Crippen molar-refractivity contribution in [1.29, 1.82) is 0 Å². The first-order valence-corrected chi connectivity index (χ1v) is 1.75. The summed E-state index contributed by atoms with van der Waals surface area (Å²) in [6.45, 7) is 0. The fourth-order valence-electron chi connectivity index (χ4n) is 0. The van der Waals surface area contributed by atoms with Crippen molar-refractivity contribution in [3.63, 3.8) is 0 Å². The smallest absolute Gasteiger partial charge is 0.412 e. The molecule has 0 fully saturated rings. The van der Waals surface area contributed by atoms with Gasteiger partial charge < -0.3 is 5.48 Å². The van der Waals surface area contributed by atoms with Crippen molar-refractivity contribution >= 4 is 8.25 Å². The Balaban J connectivity index is -0.0000000450. The third-order valence-electron chi connectivity index (χ3n) is 0. The van der Waals surface area contributed by atoms with Crippen LogP contribution in [-0.2, 0) is 25.6 Å². The van der Waals surface area contributed by atoms with E-state index in [0.29, 0.717) is 0 Å². The Morgan fingerprint density at radius 2 is 1.33 bits per heavy atom. The zero-order chi connectivity index (χ0) is 3.58. The zero-order valence-electron chi connectivity index (χ0n) is 2.66. The van der Waals surface area contributed by atoms with Gasteiger partial charge in [-0.1, -0.05) is 0 Å². The summed E-state index contributed by atoms with van der Waals surface area (Å²) in [5.74, 6) is 0. The molecule has 0 unspecified atom stereocenters. The van der Waals surface area contributed by atoms with E-state index >= 15 is 0 Å². The van der Waals surface area contributed by atoms with Crippen molar-refractivity contribution < 1.29 is 40.9 Å². The molecular formula is H4O4PW+. The minimum atomic E-state index is -2.87. The fourth-order valence-corrected chi connectivity index (χ4v) is 0. The molecule has 0 aromatic rings. The molecule has 0 aliphatic rings. The molecule has 0 saturated heterocycles. The van der Waals surface area contributed by atoms with Crippen LogP contribution in [0.1, 0.15) is 0 Å². The molecule has 4 nitrogen and oxygen atoms in total. The van der Waals surface area contributed by atoms with Crippen LogP contribution in [0.4, 0.5) is 0 Å². The van der Waals surface area contributed by atoms with Gasteiger partial charge in [-0.2, -0.15) is 0 Å². The van der Waals surface area contributed by atoms with Gasteiger partial charge in [-0.3, -0.25) is 0 Å². The quantitative estimate of drug-likeness (QED) is 0.547. The SMILES string of the molecule is O.O=[P+](O)O.[W]. The van der Waals surface area contributed by atoms with E-state index in [9.17, 15) is 0 Å². The summed E-state index contributed by atoms with van der Waals surface area (Å²) in [6.07, 6.45) is 0. The van der Waals surface area contributed by atoms with Crippen molar-refractivity contribution in [3.8, 4) is 0 Å². The minimum absolute atomic E-state index is 0. The first-order valence-electron chi connectivity index (χ1n) is 0.583. The van der Waals surface area contributed by atoms with Crippen molar-refractivity contribution in [2.75, 3.05) is 0 Å².